The lowest BCUT2D eigenvalue weighted by molar-refractivity contribution is 0.0903. The minimum absolute atomic E-state index is 0.0228. The van der Waals surface area contributed by atoms with Gasteiger partial charge in [-0.15, -0.1) is 0 Å². The lowest BCUT2D eigenvalue weighted by atomic mass is 10.0. The summed E-state index contributed by atoms with van der Waals surface area (Å²) in [6.07, 6.45) is 7.33. The summed E-state index contributed by atoms with van der Waals surface area (Å²) in [5.41, 5.74) is 4.29. The maximum absolute atomic E-state index is 13.1. The van der Waals surface area contributed by atoms with Crippen LogP contribution < -0.4 is 20.1 Å². The van der Waals surface area contributed by atoms with Crippen LogP contribution in [0.5, 0.6) is 11.5 Å². The molecular formula is C26H29ClN4O4. The smallest absolute Gasteiger partial charge is 0.255 e. The Kier molecular flexibility index (Phi) is 6.83. The summed E-state index contributed by atoms with van der Waals surface area (Å²) in [6, 6.07) is 7.37. The third kappa shape index (κ3) is 4.81. The summed E-state index contributed by atoms with van der Waals surface area (Å²) in [4.78, 5) is 20.9. The molecule has 2 aromatic heterocycles. The minimum Gasteiger partial charge on any atom is -0.493 e. The fourth-order valence-corrected chi connectivity index (χ4v) is 5.01. The lowest BCUT2D eigenvalue weighted by Crippen LogP contribution is -2.39. The molecule has 0 aliphatic carbocycles. The molecule has 4 heterocycles. The number of benzene rings is 1. The molecular weight excluding hydrogens is 468 g/mol. The van der Waals surface area contributed by atoms with Gasteiger partial charge in [-0.3, -0.25) is 9.78 Å². The van der Waals surface area contributed by atoms with Gasteiger partial charge in [0, 0.05) is 42.9 Å². The molecule has 0 saturated carbocycles. The number of amides is 1. The van der Waals surface area contributed by atoms with Gasteiger partial charge in [0.25, 0.3) is 5.91 Å². The van der Waals surface area contributed by atoms with Crippen LogP contribution in [0.15, 0.2) is 36.7 Å². The van der Waals surface area contributed by atoms with Crippen LogP contribution in [0.2, 0.25) is 5.02 Å². The highest BCUT2D eigenvalue weighted by Crippen LogP contribution is 2.43. The van der Waals surface area contributed by atoms with E-state index in [1.54, 1.807) is 25.6 Å². The highest BCUT2D eigenvalue weighted by Gasteiger charge is 2.31. The van der Waals surface area contributed by atoms with Crippen molar-refractivity contribution in [2.45, 2.75) is 44.8 Å². The maximum atomic E-state index is 13.1. The van der Waals surface area contributed by atoms with Gasteiger partial charge in [0.2, 0.25) is 0 Å². The topological polar surface area (TPSA) is 97.5 Å². The van der Waals surface area contributed by atoms with Crippen LogP contribution in [0.1, 0.15) is 42.2 Å². The summed E-state index contributed by atoms with van der Waals surface area (Å²) >= 11 is 6.36. The van der Waals surface area contributed by atoms with E-state index in [1.165, 1.54) is 0 Å². The average Bonchev–Trinajstić information content (AvgIpc) is 3.48. The second-order valence-corrected chi connectivity index (χ2v) is 9.30. The molecule has 9 heteroatoms. The first-order valence-electron chi connectivity index (χ1n) is 11.9. The number of nitrogens with one attached hydrogen (secondary N) is 3. The number of hydrogen-bond donors (Lipinski definition) is 3. The molecule has 0 unspecified atom stereocenters. The Morgan fingerprint density at radius 1 is 1.31 bits per heavy atom. The third-order valence-corrected chi connectivity index (χ3v) is 6.70. The van der Waals surface area contributed by atoms with E-state index in [-0.39, 0.29) is 18.1 Å². The summed E-state index contributed by atoms with van der Waals surface area (Å²) in [5.74, 6) is 1.00. The Morgan fingerprint density at radius 2 is 2.20 bits per heavy atom. The van der Waals surface area contributed by atoms with E-state index in [0.29, 0.717) is 46.5 Å². The Labute approximate surface area is 209 Å². The van der Waals surface area contributed by atoms with E-state index < -0.39 is 0 Å². The first kappa shape index (κ1) is 23.5. The van der Waals surface area contributed by atoms with E-state index in [9.17, 15) is 4.79 Å². The lowest BCUT2D eigenvalue weighted by Gasteiger charge is -2.21. The Hall–Kier alpha value is -3.23. The van der Waals surface area contributed by atoms with E-state index in [2.05, 4.69) is 20.6 Å². The van der Waals surface area contributed by atoms with E-state index in [0.717, 1.165) is 42.8 Å². The van der Waals surface area contributed by atoms with Gasteiger partial charge in [-0.2, -0.15) is 0 Å². The Morgan fingerprint density at radius 3 is 3.00 bits per heavy atom. The Balaban J connectivity index is 1.54. The van der Waals surface area contributed by atoms with Crippen molar-refractivity contribution in [3.8, 4) is 22.8 Å². The zero-order valence-corrected chi connectivity index (χ0v) is 20.6. The number of aromatic nitrogens is 2. The minimum atomic E-state index is -0.139. The van der Waals surface area contributed by atoms with Gasteiger partial charge in [-0.1, -0.05) is 17.7 Å². The molecule has 2 atom stereocenters. The zero-order valence-electron chi connectivity index (χ0n) is 19.8. The van der Waals surface area contributed by atoms with E-state index in [4.69, 9.17) is 25.8 Å². The molecule has 35 heavy (non-hydrogen) atoms. The molecule has 8 nitrogen and oxygen atoms in total. The average molecular weight is 497 g/mol. The summed E-state index contributed by atoms with van der Waals surface area (Å²) in [7, 11) is 1.57. The molecule has 3 aromatic rings. The van der Waals surface area contributed by atoms with E-state index >= 15 is 0 Å². The number of pyridine rings is 1. The van der Waals surface area contributed by atoms with Gasteiger partial charge < -0.3 is 29.8 Å². The number of carbonyl (C=O) groups excluding carboxylic acids is 1. The van der Waals surface area contributed by atoms with Gasteiger partial charge in [0.1, 0.15) is 5.75 Å². The molecule has 0 radical (unpaired) electrons. The van der Waals surface area contributed by atoms with Gasteiger partial charge in [0.05, 0.1) is 53.7 Å². The number of fused-ring (bicyclic) bond motifs is 1. The van der Waals surface area contributed by atoms with Crippen LogP contribution in [0, 0.1) is 0 Å². The number of aromatic amines is 1. The van der Waals surface area contributed by atoms with Crippen LogP contribution >= 0.6 is 11.6 Å². The third-order valence-electron chi connectivity index (χ3n) is 6.40. The number of ether oxygens (including phenoxy) is 3. The molecule has 3 N–H and O–H groups in total. The van der Waals surface area contributed by atoms with Crippen molar-refractivity contribution in [1.29, 1.82) is 0 Å². The summed E-state index contributed by atoms with van der Waals surface area (Å²) in [6.45, 7) is 3.33. The molecule has 0 spiro atoms. The van der Waals surface area contributed by atoms with Crippen LogP contribution in [-0.2, 0) is 11.2 Å². The molecule has 1 saturated heterocycles. The van der Waals surface area contributed by atoms with Crippen molar-refractivity contribution in [3.05, 3.63) is 52.9 Å². The number of rotatable bonds is 8. The molecule has 2 aliphatic heterocycles. The molecule has 1 fully saturated rings. The quantitative estimate of drug-likeness (QED) is 0.401. The van der Waals surface area contributed by atoms with Gasteiger partial charge in [0.15, 0.2) is 5.75 Å². The monoisotopic (exact) mass is 496 g/mol. The molecule has 5 rings (SSSR count). The van der Waals surface area contributed by atoms with Crippen molar-refractivity contribution < 1.29 is 19.0 Å². The largest absolute Gasteiger partial charge is 0.493 e. The number of para-hydroxylation sites is 1. The maximum Gasteiger partial charge on any atom is 0.255 e. The number of methoxy groups -OCH3 is 1. The van der Waals surface area contributed by atoms with Crippen LogP contribution in [-0.4, -0.2) is 48.3 Å². The van der Waals surface area contributed by atoms with Crippen LogP contribution in [0.25, 0.3) is 11.3 Å². The van der Waals surface area contributed by atoms with Crippen molar-refractivity contribution in [2.24, 2.45) is 0 Å². The summed E-state index contributed by atoms with van der Waals surface area (Å²) < 4.78 is 17.4. The number of hydrogen-bond acceptors (Lipinski definition) is 6. The standard InChI is InChI=1S/C26H29ClN4O4/c1-15-13-20-22(26(32)29-15)24(30-19-7-3-6-18(27)25(19)33-2)23(31-20)17-8-10-28-14-21(17)35-12-9-16-5-4-11-34-16/h3,6-8,10,14-16,30-31H,4-5,9,11-13H2,1-2H3,(H,29,32)/t15-,16+/m1/s1. The number of anilines is 2. The Bertz CT molecular complexity index is 1220. The molecule has 2 aliphatic rings. The van der Waals surface area contributed by atoms with Gasteiger partial charge >= 0.3 is 0 Å². The van der Waals surface area contributed by atoms with Crippen LogP contribution in [0.4, 0.5) is 11.4 Å². The highest BCUT2D eigenvalue weighted by molar-refractivity contribution is 6.32. The van der Waals surface area contributed by atoms with Crippen molar-refractivity contribution in [3.63, 3.8) is 0 Å². The number of carbonyl (C=O) groups is 1. The molecule has 1 amide bonds. The molecule has 0 bridgehead atoms. The zero-order chi connectivity index (χ0) is 24.4. The second-order valence-electron chi connectivity index (χ2n) is 8.90. The fourth-order valence-electron chi connectivity index (χ4n) is 4.76. The number of halogens is 1. The van der Waals surface area contributed by atoms with Crippen molar-refractivity contribution >= 4 is 28.9 Å². The fraction of sp³-hybridized carbons (Fsp3) is 0.385. The normalized spacial score (nSPS) is 19.2. The van der Waals surface area contributed by atoms with Crippen molar-refractivity contribution in [1.82, 2.24) is 15.3 Å². The van der Waals surface area contributed by atoms with Gasteiger partial charge in [-0.05, 0) is 38.0 Å². The first-order chi connectivity index (χ1) is 17.0. The summed E-state index contributed by atoms with van der Waals surface area (Å²) in [5, 5.41) is 6.92. The highest BCUT2D eigenvalue weighted by atomic mass is 35.5. The van der Waals surface area contributed by atoms with E-state index in [1.807, 2.05) is 25.1 Å². The second kappa shape index (κ2) is 10.2. The van der Waals surface area contributed by atoms with Crippen molar-refractivity contribution in [2.75, 3.05) is 25.6 Å². The number of H-pyrrole nitrogens is 1. The first-order valence-corrected chi connectivity index (χ1v) is 12.3. The van der Waals surface area contributed by atoms with Crippen LogP contribution in [0.3, 0.4) is 0 Å². The SMILES string of the molecule is COc1c(Cl)cccc1Nc1c(-c2ccncc2OCC[C@@H]2CCCO2)[nH]c2c1C(=O)N[C@H](C)C2. The van der Waals surface area contributed by atoms with Gasteiger partial charge in [-0.25, -0.2) is 0 Å². The predicted octanol–water partition coefficient (Wildman–Crippen LogP) is 5.10. The molecule has 1 aromatic carbocycles. The number of nitrogens with zero attached hydrogens (tertiary/aromatic N) is 1. The molecule has 184 valence electrons. The predicted molar refractivity (Wildman–Crippen MR) is 135 cm³/mol.